The fourth-order valence-electron chi connectivity index (χ4n) is 1.56. The second kappa shape index (κ2) is 7.49. The first-order valence-electron chi connectivity index (χ1n) is 5.73. The molecule has 0 spiro atoms. The summed E-state index contributed by atoms with van der Waals surface area (Å²) in [7, 11) is 0. The number of hydrogen-bond donors (Lipinski definition) is 3. The second-order valence-electron chi connectivity index (χ2n) is 3.96. The molecular weight excluding hydrogens is 378 g/mol. The molecule has 1 aromatic rings. The van der Waals surface area contributed by atoms with E-state index in [4.69, 9.17) is 10.9 Å². The highest BCUT2D eigenvalue weighted by Gasteiger charge is 2.18. The van der Waals surface area contributed by atoms with Gasteiger partial charge in [-0.15, -0.1) is 0 Å². The molecule has 0 saturated carbocycles. The average Bonchev–Trinajstić information content (AvgIpc) is 2.40. The third-order valence-electron chi connectivity index (χ3n) is 2.53. The van der Waals surface area contributed by atoms with Crippen molar-refractivity contribution in [3.63, 3.8) is 0 Å². The number of nitrogens with one attached hydrogen (secondary N) is 1. The Bertz CT molecular complexity index is 492. The lowest BCUT2D eigenvalue weighted by atomic mass is 10.1. The van der Waals surface area contributed by atoms with E-state index in [1.165, 1.54) is 0 Å². The zero-order chi connectivity index (χ0) is 14.4. The Balaban J connectivity index is 2.90. The molecule has 1 unspecified atom stereocenters. The molecule has 5 nitrogen and oxygen atoms in total. The van der Waals surface area contributed by atoms with E-state index in [0.717, 1.165) is 10.9 Å². The minimum atomic E-state index is -0.478. The second-order valence-corrected chi connectivity index (χ2v) is 5.73. The number of benzene rings is 1. The lowest BCUT2D eigenvalue weighted by Crippen LogP contribution is -2.44. The Morgan fingerprint density at radius 3 is 2.79 bits per heavy atom. The van der Waals surface area contributed by atoms with Crippen molar-refractivity contribution in [2.75, 3.05) is 0 Å². The van der Waals surface area contributed by atoms with Crippen LogP contribution < -0.4 is 11.1 Å². The van der Waals surface area contributed by atoms with E-state index in [1.54, 1.807) is 12.1 Å². The van der Waals surface area contributed by atoms with E-state index < -0.39 is 6.04 Å². The van der Waals surface area contributed by atoms with Crippen molar-refractivity contribution in [3.05, 3.63) is 32.7 Å². The molecule has 104 valence electrons. The van der Waals surface area contributed by atoms with Crippen LogP contribution in [0.3, 0.4) is 0 Å². The number of halogens is 2. The van der Waals surface area contributed by atoms with Crippen LogP contribution in [0.5, 0.6) is 0 Å². The maximum absolute atomic E-state index is 12.2. The summed E-state index contributed by atoms with van der Waals surface area (Å²) in [6.07, 6.45) is 1.41. The van der Waals surface area contributed by atoms with Gasteiger partial charge in [0.25, 0.3) is 5.91 Å². The van der Waals surface area contributed by atoms with E-state index in [2.05, 4.69) is 42.3 Å². The Morgan fingerprint density at radius 1 is 1.53 bits per heavy atom. The maximum atomic E-state index is 12.2. The standard InChI is InChI=1S/C12H15Br2N3O2/c1-2-3-10(11(15)17-19)16-12(18)8-6-7(13)4-5-9(8)14/h4-6,10,19H,2-3H2,1H3,(H2,15,17)(H,16,18). The first-order valence-corrected chi connectivity index (χ1v) is 7.31. The molecule has 0 aliphatic rings. The number of carbonyl (C=O) groups excluding carboxylic acids is 1. The summed E-state index contributed by atoms with van der Waals surface area (Å²) in [5.41, 5.74) is 6.05. The van der Waals surface area contributed by atoms with Gasteiger partial charge in [0.2, 0.25) is 0 Å². The smallest absolute Gasteiger partial charge is 0.253 e. The van der Waals surface area contributed by atoms with Crippen LogP contribution in [0.25, 0.3) is 0 Å². The van der Waals surface area contributed by atoms with Crippen LogP contribution in [-0.4, -0.2) is 23.0 Å². The van der Waals surface area contributed by atoms with E-state index in [-0.39, 0.29) is 11.7 Å². The summed E-state index contributed by atoms with van der Waals surface area (Å²) < 4.78 is 1.49. The summed E-state index contributed by atoms with van der Waals surface area (Å²) in [5.74, 6) is -0.278. The summed E-state index contributed by atoms with van der Waals surface area (Å²) in [5, 5.41) is 14.4. The Labute approximate surface area is 128 Å². The van der Waals surface area contributed by atoms with Gasteiger partial charge in [-0.3, -0.25) is 4.79 Å². The number of hydrogen-bond acceptors (Lipinski definition) is 3. The monoisotopic (exact) mass is 391 g/mol. The highest BCUT2D eigenvalue weighted by molar-refractivity contribution is 9.11. The maximum Gasteiger partial charge on any atom is 0.253 e. The van der Waals surface area contributed by atoms with Crippen LogP contribution in [0.2, 0.25) is 0 Å². The normalized spacial score (nSPS) is 13.1. The van der Waals surface area contributed by atoms with Gasteiger partial charge in [0.1, 0.15) is 0 Å². The van der Waals surface area contributed by atoms with Crippen molar-refractivity contribution >= 4 is 43.6 Å². The summed E-state index contributed by atoms with van der Waals surface area (Å²) in [6, 6.07) is 4.83. The molecule has 0 fully saturated rings. The number of nitrogens with two attached hydrogens (primary N) is 1. The first kappa shape index (κ1) is 16.0. The van der Waals surface area contributed by atoms with Crippen LogP contribution in [-0.2, 0) is 0 Å². The zero-order valence-electron chi connectivity index (χ0n) is 10.4. The molecule has 1 amide bonds. The number of carbonyl (C=O) groups is 1. The van der Waals surface area contributed by atoms with Crippen molar-refractivity contribution in [2.45, 2.75) is 25.8 Å². The Hall–Kier alpha value is -1.08. The Kier molecular flexibility index (Phi) is 6.30. The van der Waals surface area contributed by atoms with Crippen LogP contribution in [0, 0.1) is 0 Å². The van der Waals surface area contributed by atoms with Gasteiger partial charge in [0, 0.05) is 8.95 Å². The minimum Gasteiger partial charge on any atom is -0.409 e. The van der Waals surface area contributed by atoms with Gasteiger partial charge in [-0.1, -0.05) is 34.4 Å². The molecule has 1 rings (SSSR count). The fraction of sp³-hybridized carbons (Fsp3) is 0.333. The van der Waals surface area contributed by atoms with E-state index >= 15 is 0 Å². The van der Waals surface area contributed by atoms with Gasteiger partial charge in [0.15, 0.2) is 5.84 Å². The van der Waals surface area contributed by atoms with Crippen LogP contribution in [0.15, 0.2) is 32.3 Å². The van der Waals surface area contributed by atoms with Gasteiger partial charge in [-0.25, -0.2) is 0 Å². The van der Waals surface area contributed by atoms with Gasteiger partial charge >= 0.3 is 0 Å². The van der Waals surface area contributed by atoms with Gasteiger partial charge in [-0.05, 0) is 40.5 Å². The molecule has 0 aliphatic carbocycles. The molecule has 1 atom stereocenters. The van der Waals surface area contributed by atoms with Crippen LogP contribution in [0.1, 0.15) is 30.1 Å². The van der Waals surface area contributed by atoms with E-state index in [1.807, 2.05) is 13.0 Å². The summed E-state index contributed by atoms with van der Waals surface area (Å²) in [6.45, 7) is 1.96. The summed E-state index contributed by atoms with van der Waals surface area (Å²) in [4.78, 5) is 12.2. The molecule has 1 aromatic carbocycles. The van der Waals surface area contributed by atoms with Crippen molar-refractivity contribution in [1.29, 1.82) is 0 Å². The topological polar surface area (TPSA) is 87.7 Å². The molecule has 0 aliphatic heterocycles. The number of amides is 1. The lowest BCUT2D eigenvalue weighted by molar-refractivity contribution is 0.0944. The highest BCUT2D eigenvalue weighted by atomic mass is 79.9. The quantitative estimate of drug-likeness (QED) is 0.311. The van der Waals surface area contributed by atoms with Crippen molar-refractivity contribution in [2.24, 2.45) is 10.9 Å². The van der Waals surface area contributed by atoms with Crippen molar-refractivity contribution in [3.8, 4) is 0 Å². The third-order valence-corrected chi connectivity index (χ3v) is 3.71. The SMILES string of the molecule is CCCC(NC(=O)c1cc(Br)ccc1Br)/C(N)=N/O. The number of rotatable bonds is 5. The van der Waals surface area contributed by atoms with Crippen molar-refractivity contribution in [1.82, 2.24) is 5.32 Å². The third kappa shape index (κ3) is 4.50. The van der Waals surface area contributed by atoms with Gasteiger partial charge < -0.3 is 16.3 Å². The Morgan fingerprint density at radius 2 is 2.21 bits per heavy atom. The van der Waals surface area contributed by atoms with Crippen LogP contribution in [0.4, 0.5) is 0 Å². The molecule has 0 radical (unpaired) electrons. The van der Waals surface area contributed by atoms with Crippen molar-refractivity contribution < 1.29 is 10.0 Å². The van der Waals surface area contributed by atoms with Crippen LogP contribution >= 0.6 is 31.9 Å². The lowest BCUT2D eigenvalue weighted by Gasteiger charge is -2.17. The molecular formula is C12H15Br2N3O2. The largest absolute Gasteiger partial charge is 0.409 e. The number of amidine groups is 1. The first-order chi connectivity index (χ1) is 8.99. The predicted octanol–water partition coefficient (Wildman–Crippen LogP) is 2.86. The number of oxime groups is 1. The molecule has 0 aromatic heterocycles. The van der Waals surface area contributed by atoms with E-state index in [9.17, 15) is 4.79 Å². The molecule has 0 bridgehead atoms. The number of nitrogens with zero attached hydrogens (tertiary/aromatic N) is 1. The zero-order valence-corrected chi connectivity index (χ0v) is 13.5. The van der Waals surface area contributed by atoms with Gasteiger partial charge in [-0.2, -0.15) is 0 Å². The molecule has 4 N–H and O–H groups in total. The molecule has 0 saturated heterocycles. The average molecular weight is 393 g/mol. The fourth-order valence-corrected chi connectivity index (χ4v) is 2.35. The molecule has 19 heavy (non-hydrogen) atoms. The summed E-state index contributed by atoms with van der Waals surface area (Å²) >= 11 is 6.64. The van der Waals surface area contributed by atoms with E-state index in [0.29, 0.717) is 16.5 Å². The predicted molar refractivity (Wildman–Crippen MR) is 81.4 cm³/mol. The highest BCUT2D eigenvalue weighted by Crippen LogP contribution is 2.21. The molecule has 7 heteroatoms. The minimum absolute atomic E-state index is 0.00122. The molecule has 0 heterocycles. The van der Waals surface area contributed by atoms with Gasteiger partial charge in [0.05, 0.1) is 11.6 Å².